The van der Waals surface area contributed by atoms with E-state index in [1.165, 1.54) is 30.6 Å². The first-order chi connectivity index (χ1) is 11.8. The SMILES string of the molecule is COc1cc(CNC(=O)c2csc(CN)n2)ccc1OCC(F)(F)F.Cl. The van der Waals surface area contributed by atoms with Gasteiger partial charge in [-0.25, -0.2) is 4.98 Å². The zero-order valence-electron chi connectivity index (χ0n) is 13.6. The summed E-state index contributed by atoms with van der Waals surface area (Å²) in [5.41, 5.74) is 6.35. The van der Waals surface area contributed by atoms with Gasteiger partial charge in [0.1, 0.15) is 10.7 Å². The third kappa shape index (κ3) is 6.36. The van der Waals surface area contributed by atoms with Crippen LogP contribution in [0.5, 0.6) is 11.5 Å². The van der Waals surface area contributed by atoms with E-state index in [0.717, 1.165) is 0 Å². The molecule has 2 aromatic rings. The van der Waals surface area contributed by atoms with Crippen LogP contribution < -0.4 is 20.5 Å². The van der Waals surface area contributed by atoms with Crippen molar-refractivity contribution in [1.82, 2.24) is 10.3 Å². The predicted octanol–water partition coefficient (Wildman–Crippen LogP) is 2.90. The zero-order valence-corrected chi connectivity index (χ0v) is 15.3. The summed E-state index contributed by atoms with van der Waals surface area (Å²) in [4.78, 5) is 16.1. The summed E-state index contributed by atoms with van der Waals surface area (Å²) in [5, 5.41) is 4.92. The van der Waals surface area contributed by atoms with Gasteiger partial charge in [0, 0.05) is 18.5 Å². The van der Waals surface area contributed by atoms with Crippen LogP contribution in [-0.4, -0.2) is 30.8 Å². The smallest absolute Gasteiger partial charge is 0.422 e. The van der Waals surface area contributed by atoms with Crippen molar-refractivity contribution >= 4 is 29.7 Å². The summed E-state index contributed by atoms with van der Waals surface area (Å²) >= 11 is 1.29. The Morgan fingerprint density at radius 2 is 2.08 bits per heavy atom. The van der Waals surface area contributed by atoms with Crippen molar-refractivity contribution in [2.24, 2.45) is 5.73 Å². The normalized spacial score (nSPS) is 10.8. The molecule has 0 saturated heterocycles. The average Bonchev–Trinajstić information content (AvgIpc) is 3.06. The van der Waals surface area contributed by atoms with E-state index in [-0.39, 0.29) is 48.6 Å². The lowest BCUT2D eigenvalue weighted by Crippen LogP contribution is -2.23. The van der Waals surface area contributed by atoms with Gasteiger partial charge in [0.2, 0.25) is 0 Å². The van der Waals surface area contributed by atoms with E-state index in [1.807, 2.05) is 0 Å². The number of nitrogens with one attached hydrogen (secondary N) is 1. The summed E-state index contributed by atoms with van der Waals surface area (Å²) in [6.45, 7) is -0.995. The Morgan fingerprint density at radius 1 is 1.35 bits per heavy atom. The molecule has 144 valence electrons. The van der Waals surface area contributed by atoms with Crippen LogP contribution in [0, 0.1) is 0 Å². The molecule has 1 aromatic carbocycles. The standard InChI is InChI=1S/C15H16F3N3O3S.ClH/c1-23-12-4-9(2-3-11(12)24-8-15(16,17)18)6-20-14(22)10-7-25-13(5-19)21-10;/h2-4,7H,5-6,8,19H2,1H3,(H,20,22);1H. The van der Waals surface area contributed by atoms with Gasteiger partial charge in [-0.3, -0.25) is 4.79 Å². The number of aromatic nitrogens is 1. The Balaban J connectivity index is 0.00000338. The maximum atomic E-state index is 12.2. The molecule has 1 heterocycles. The van der Waals surface area contributed by atoms with E-state index in [1.54, 1.807) is 11.4 Å². The second-order valence-corrected chi connectivity index (χ2v) is 5.85. The number of hydrogen-bond donors (Lipinski definition) is 2. The fourth-order valence-electron chi connectivity index (χ4n) is 1.88. The van der Waals surface area contributed by atoms with Crippen molar-refractivity contribution in [2.75, 3.05) is 13.7 Å². The van der Waals surface area contributed by atoms with Gasteiger partial charge < -0.3 is 20.5 Å². The molecule has 0 atom stereocenters. The molecule has 0 saturated carbocycles. The topological polar surface area (TPSA) is 86.5 Å². The van der Waals surface area contributed by atoms with E-state index in [4.69, 9.17) is 15.2 Å². The number of ether oxygens (including phenoxy) is 2. The number of halogens is 4. The molecule has 0 aliphatic heterocycles. The largest absolute Gasteiger partial charge is 0.493 e. The number of alkyl halides is 3. The maximum Gasteiger partial charge on any atom is 0.422 e. The van der Waals surface area contributed by atoms with E-state index in [2.05, 4.69) is 10.3 Å². The molecule has 0 unspecified atom stereocenters. The molecule has 3 N–H and O–H groups in total. The number of hydrogen-bond acceptors (Lipinski definition) is 6. The van der Waals surface area contributed by atoms with E-state index < -0.39 is 12.8 Å². The van der Waals surface area contributed by atoms with Crippen molar-refractivity contribution in [3.8, 4) is 11.5 Å². The third-order valence-electron chi connectivity index (χ3n) is 3.03. The Morgan fingerprint density at radius 3 is 2.65 bits per heavy atom. The lowest BCUT2D eigenvalue weighted by Gasteiger charge is -2.13. The minimum absolute atomic E-state index is 0. The van der Waals surface area contributed by atoms with Crippen LogP contribution in [0.3, 0.4) is 0 Å². The predicted molar refractivity (Wildman–Crippen MR) is 93.0 cm³/mol. The van der Waals surface area contributed by atoms with Gasteiger partial charge in [-0.15, -0.1) is 23.7 Å². The zero-order chi connectivity index (χ0) is 18.4. The summed E-state index contributed by atoms with van der Waals surface area (Å²) < 4.78 is 46.4. The minimum atomic E-state index is -4.44. The van der Waals surface area contributed by atoms with E-state index in [0.29, 0.717) is 10.6 Å². The van der Waals surface area contributed by atoms with Gasteiger partial charge in [0.05, 0.1) is 7.11 Å². The molecule has 11 heteroatoms. The summed E-state index contributed by atoms with van der Waals surface area (Å²) in [5.74, 6) is -0.246. The number of methoxy groups -OCH3 is 1. The average molecular weight is 412 g/mol. The molecule has 0 bridgehead atoms. The number of amides is 1. The quantitative estimate of drug-likeness (QED) is 0.731. The van der Waals surface area contributed by atoms with Gasteiger partial charge >= 0.3 is 6.18 Å². The Bertz CT molecular complexity index is 740. The molecular formula is C15H17ClF3N3O3S. The Kier molecular flexibility index (Phi) is 8.12. The number of thiazole rings is 1. The fraction of sp³-hybridized carbons (Fsp3) is 0.333. The van der Waals surface area contributed by atoms with Crippen molar-refractivity contribution in [2.45, 2.75) is 19.3 Å². The highest BCUT2D eigenvalue weighted by molar-refractivity contribution is 7.09. The fourth-order valence-corrected chi connectivity index (χ4v) is 2.54. The van der Waals surface area contributed by atoms with Crippen LogP contribution in [0.25, 0.3) is 0 Å². The number of benzene rings is 1. The second-order valence-electron chi connectivity index (χ2n) is 4.90. The molecule has 0 spiro atoms. The highest BCUT2D eigenvalue weighted by atomic mass is 35.5. The van der Waals surface area contributed by atoms with Gasteiger partial charge in [0.25, 0.3) is 5.91 Å². The maximum absolute atomic E-state index is 12.2. The van der Waals surface area contributed by atoms with Gasteiger partial charge in [-0.2, -0.15) is 13.2 Å². The highest BCUT2D eigenvalue weighted by Gasteiger charge is 2.29. The summed E-state index contributed by atoms with van der Waals surface area (Å²) in [6, 6.07) is 4.40. The van der Waals surface area contributed by atoms with E-state index >= 15 is 0 Å². The van der Waals surface area contributed by atoms with Crippen molar-refractivity contribution in [3.05, 3.63) is 39.8 Å². The van der Waals surface area contributed by atoms with Crippen LogP contribution in [0.2, 0.25) is 0 Å². The molecular weight excluding hydrogens is 395 g/mol. The molecule has 2 rings (SSSR count). The van der Waals surface area contributed by atoms with Crippen LogP contribution in [0.4, 0.5) is 13.2 Å². The molecule has 1 aromatic heterocycles. The Hall–Kier alpha value is -2.04. The third-order valence-corrected chi connectivity index (χ3v) is 3.90. The number of nitrogens with two attached hydrogens (primary N) is 1. The van der Waals surface area contributed by atoms with Crippen molar-refractivity contribution in [3.63, 3.8) is 0 Å². The monoisotopic (exact) mass is 411 g/mol. The van der Waals surface area contributed by atoms with Gasteiger partial charge in [0.15, 0.2) is 18.1 Å². The van der Waals surface area contributed by atoms with Crippen LogP contribution in [0.1, 0.15) is 21.1 Å². The Labute approximate surface area is 157 Å². The lowest BCUT2D eigenvalue weighted by molar-refractivity contribution is -0.153. The number of rotatable bonds is 7. The highest BCUT2D eigenvalue weighted by Crippen LogP contribution is 2.29. The minimum Gasteiger partial charge on any atom is -0.493 e. The molecule has 0 fully saturated rings. The summed E-state index contributed by atoms with van der Waals surface area (Å²) in [6.07, 6.45) is -4.44. The molecule has 26 heavy (non-hydrogen) atoms. The van der Waals surface area contributed by atoms with Gasteiger partial charge in [-0.05, 0) is 17.7 Å². The molecule has 0 aliphatic rings. The van der Waals surface area contributed by atoms with Crippen molar-refractivity contribution < 1.29 is 27.4 Å². The molecule has 6 nitrogen and oxygen atoms in total. The second kappa shape index (κ2) is 9.60. The molecule has 1 amide bonds. The number of carbonyl (C=O) groups is 1. The van der Waals surface area contributed by atoms with E-state index in [9.17, 15) is 18.0 Å². The summed E-state index contributed by atoms with van der Waals surface area (Å²) in [7, 11) is 1.32. The number of carbonyl (C=O) groups excluding carboxylic acids is 1. The van der Waals surface area contributed by atoms with Crippen LogP contribution >= 0.6 is 23.7 Å². The van der Waals surface area contributed by atoms with Crippen LogP contribution in [-0.2, 0) is 13.1 Å². The van der Waals surface area contributed by atoms with Crippen molar-refractivity contribution in [1.29, 1.82) is 0 Å². The first kappa shape index (κ1) is 22.0. The first-order valence-electron chi connectivity index (χ1n) is 7.11. The first-order valence-corrected chi connectivity index (χ1v) is 7.99. The van der Waals surface area contributed by atoms with Gasteiger partial charge in [-0.1, -0.05) is 6.07 Å². The lowest BCUT2D eigenvalue weighted by atomic mass is 10.2. The van der Waals surface area contributed by atoms with Crippen LogP contribution in [0.15, 0.2) is 23.6 Å². The molecule has 0 radical (unpaired) electrons. The molecule has 0 aliphatic carbocycles. The number of nitrogens with zero attached hydrogens (tertiary/aromatic N) is 1.